The van der Waals surface area contributed by atoms with Crippen molar-refractivity contribution in [3.05, 3.63) is 43.0 Å². The van der Waals surface area contributed by atoms with E-state index < -0.39 is 36.2 Å². The van der Waals surface area contributed by atoms with Crippen LogP contribution in [0.3, 0.4) is 0 Å². The molecule has 0 amide bonds. The standard InChI is InChI=1S/C10H13N5O5/c11-14-13-6-1-8(20-7(6)4-17)15-2-5(3-16)9(18)12-10(15)19/h2,6-8,16-17H,1,3-4H2,(H,12,18,19)/t6-,7+,8+/m0/s1. The third-order valence-electron chi connectivity index (χ3n) is 3.11. The van der Waals surface area contributed by atoms with E-state index in [1.807, 2.05) is 0 Å². The normalized spacial score (nSPS) is 25.4. The molecule has 20 heavy (non-hydrogen) atoms. The van der Waals surface area contributed by atoms with Crippen molar-refractivity contribution in [3.8, 4) is 0 Å². The van der Waals surface area contributed by atoms with Gasteiger partial charge in [-0.15, -0.1) is 0 Å². The molecule has 108 valence electrons. The van der Waals surface area contributed by atoms with Crippen LogP contribution in [-0.4, -0.2) is 38.5 Å². The number of azide groups is 1. The number of hydrogen-bond acceptors (Lipinski definition) is 6. The fourth-order valence-corrected chi connectivity index (χ4v) is 2.09. The topological polar surface area (TPSA) is 153 Å². The Bertz CT molecular complexity index is 646. The number of hydrogen-bond donors (Lipinski definition) is 3. The number of H-pyrrole nitrogens is 1. The van der Waals surface area contributed by atoms with Crippen LogP contribution in [0.15, 0.2) is 20.9 Å². The lowest BCUT2D eigenvalue weighted by molar-refractivity contribution is -0.0272. The molecule has 1 saturated heterocycles. The molecule has 10 nitrogen and oxygen atoms in total. The molecular formula is C10H13N5O5. The fraction of sp³-hybridized carbons (Fsp3) is 0.600. The summed E-state index contributed by atoms with van der Waals surface area (Å²) in [4.78, 5) is 27.8. The highest BCUT2D eigenvalue weighted by atomic mass is 16.5. The highest BCUT2D eigenvalue weighted by molar-refractivity contribution is 5.04. The fourth-order valence-electron chi connectivity index (χ4n) is 2.09. The first kappa shape index (κ1) is 14.3. The second-order valence-electron chi connectivity index (χ2n) is 4.30. The number of nitrogens with zero attached hydrogens (tertiary/aromatic N) is 4. The number of ether oxygens (including phenoxy) is 1. The van der Waals surface area contributed by atoms with Crippen molar-refractivity contribution in [2.75, 3.05) is 6.61 Å². The van der Waals surface area contributed by atoms with E-state index in [1.54, 1.807) is 0 Å². The summed E-state index contributed by atoms with van der Waals surface area (Å²) in [6.07, 6.45) is -0.116. The van der Waals surface area contributed by atoms with Gasteiger partial charge in [0.1, 0.15) is 6.23 Å². The monoisotopic (exact) mass is 283 g/mol. The predicted molar refractivity (Wildman–Crippen MR) is 65.8 cm³/mol. The van der Waals surface area contributed by atoms with Gasteiger partial charge in [0, 0.05) is 17.5 Å². The van der Waals surface area contributed by atoms with Crippen molar-refractivity contribution in [2.24, 2.45) is 5.11 Å². The Balaban J connectivity index is 2.36. The predicted octanol–water partition coefficient (Wildman–Crippen LogP) is -1.01. The lowest BCUT2D eigenvalue weighted by atomic mass is 10.1. The quantitative estimate of drug-likeness (QED) is 0.367. The largest absolute Gasteiger partial charge is 0.394 e. The summed E-state index contributed by atoms with van der Waals surface area (Å²) in [6, 6.07) is -0.605. The zero-order valence-corrected chi connectivity index (χ0v) is 10.3. The van der Waals surface area contributed by atoms with Gasteiger partial charge in [0.2, 0.25) is 0 Å². The van der Waals surface area contributed by atoms with Gasteiger partial charge >= 0.3 is 5.69 Å². The SMILES string of the molecule is [N-]=[N+]=N[C@H]1C[C@H](n2cc(CO)c(=O)[nH]c2=O)O[C@@H]1CO. The molecule has 1 aromatic rings. The molecule has 2 heterocycles. The molecule has 0 radical (unpaired) electrons. The number of aliphatic hydroxyl groups is 2. The number of rotatable bonds is 4. The third kappa shape index (κ3) is 2.58. The van der Waals surface area contributed by atoms with Gasteiger partial charge in [0.15, 0.2) is 0 Å². The molecule has 3 N–H and O–H groups in total. The van der Waals surface area contributed by atoms with E-state index in [2.05, 4.69) is 15.0 Å². The van der Waals surface area contributed by atoms with Gasteiger partial charge in [-0.2, -0.15) is 0 Å². The number of aliphatic hydroxyl groups excluding tert-OH is 2. The molecule has 10 heteroatoms. The second kappa shape index (κ2) is 5.88. The Morgan fingerprint density at radius 1 is 1.55 bits per heavy atom. The highest BCUT2D eigenvalue weighted by Crippen LogP contribution is 2.29. The highest BCUT2D eigenvalue weighted by Gasteiger charge is 2.35. The average molecular weight is 283 g/mol. The average Bonchev–Trinajstić information content (AvgIpc) is 2.82. The molecule has 1 aliphatic rings. The molecule has 2 rings (SSSR count). The molecule has 0 spiro atoms. The van der Waals surface area contributed by atoms with Crippen molar-refractivity contribution in [1.29, 1.82) is 0 Å². The summed E-state index contributed by atoms with van der Waals surface area (Å²) in [6.45, 7) is -0.878. The Kier molecular flexibility index (Phi) is 4.20. The van der Waals surface area contributed by atoms with E-state index in [4.69, 9.17) is 20.5 Å². The molecule has 1 aromatic heterocycles. The van der Waals surface area contributed by atoms with Gasteiger partial charge in [-0.3, -0.25) is 14.3 Å². The van der Waals surface area contributed by atoms with Crippen LogP contribution in [0.25, 0.3) is 10.4 Å². The van der Waals surface area contributed by atoms with Gasteiger partial charge < -0.3 is 14.9 Å². The summed E-state index contributed by atoms with van der Waals surface area (Å²) in [5.74, 6) is 0. The summed E-state index contributed by atoms with van der Waals surface area (Å²) in [5.41, 5.74) is 7.09. The Labute approximate surface area is 111 Å². The van der Waals surface area contributed by atoms with E-state index >= 15 is 0 Å². The Hall–Kier alpha value is -2.13. The maximum absolute atomic E-state index is 11.7. The smallest absolute Gasteiger partial charge is 0.330 e. The summed E-state index contributed by atoms with van der Waals surface area (Å²) in [5, 5.41) is 21.7. The Morgan fingerprint density at radius 2 is 2.30 bits per heavy atom. The van der Waals surface area contributed by atoms with Crippen LogP contribution < -0.4 is 11.2 Å². The van der Waals surface area contributed by atoms with Crippen LogP contribution in [0, 0.1) is 0 Å². The zero-order valence-electron chi connectivity index (χ0n) is 10.3. The van der Waals surface area contributed by atoms with E-state index in [-0.39, 0.29) is 18.6 Å². The number of aromatic nitrogens is 2. The van der Waals surface area contributed by atoms with E-state index in [0.717, 1.165) is 4.57 Å². The second-order valence-corrected chi connectivity index (χ2v) is 4.30. The molecule has 0 aliphatic carbocycles. The van der Waals surface area contributed by atoms with Crippen molar-refractivity contribution in [3.63, 3.8) is 0 Å². The molecule has 0 aromatic carbocycles. The Morgan fingerprint density at radius 3 is 2.90 bits per heavy atom. The van der Waals surface area contributed by atoms with E-state index in [0.29, 0.717) is 0 Å². The van der Waals surface area contributed by atoms with Gasteiger partial charge in [-0.25, -0.2) is 4.79 Å². The summed E-state index contributed by atoms with van der Waals surface area (Å²) >= 11 is 0. The third-order valence-corrected chi connectivity index (χ3v) is 3.11. The van der Waals surface area contributed by atoms with Crippen LogP contribution >= 0.6 is 0 Å². The molecule has 1 fully saturated rings. The van der Waals surface area contributed by atoms with Crippen molar-refractivity contribution in [2.45, 2.75) is 31.4 Å². The summed E-state index contributed by atoms with van der Waals surface area (Å²) in [7, 11) is 0. The van der Waals surface area contributed by atoms with Crippen LogP contribution in [-0.2, 0) is 11.3 Å². The van der Waals surface area contributed by atoms with Crippen LogP contribution in [0.4, 0.5) is 0 Å². The zero-order chi connectivity index (χ0) is 14.7. The van der Waals surface area contributed by atoms with E-state index in [1.165, 1.54) is 6.20 Å². The minimum Gasteiger partial charge on any atom is -0.394 e. The maximum Gasteiger partial charge on any atom is 0.330 e. The molecular weight excluding hydrogens is 270 g/mol. The van der Waals surface area contributed by atoms with Crippen molar-refractivity contribution >= 4 is 0 Å². The lowest BCUT2D eigenvalue weighted by Gasteiger charge is -2.15. The molecule has 3 atom stereocenters. The molecule has 0 saturated carbocycles. The van der Waals surface area contributed by atoms with Crippen LogP contribution in [0.5, 0.6) is 0 Å². The van der Waals surface area contributed by atoms with Gasteiger partial charge in [-0.05, 0) is 5.53 Å². The first-order valence-corrected chi connectivity index (χ1v) is 5.86. The van der Waals surface area contributed by atoms with Crippen molar-refractivity contribution < 1.29 is 14.9 Å². The molecule has 0 unspecified atom stereocenters. The van der Waals surface area contributed by atoms with Crippen molar-refractivity contribution in [1.82, 2.24) is 9.55 Å². The maximum atomic E-state index is 11.7. The molecule has 1 aliphatic heterocycles. The van der Waals surface area contributed by atoms with E-state index in [9.17, 15) is 9.59 Å². The van der Waals surface area contributed by atoms with Gasteiger partial charge in [-0.1, -0.05) is 5.11 Å². The molecule has 0 bridgehead atoms. The number of aromatic amines is 1. The minimum absolute atomic E-state index is 0.0148. The van der Waals surface area contributed by atoms with Crippen LogP contribution in [0.1, 0.15) is 18.2 Å². The lowest BCUT2D eigenvalue weighted by Crippen LogP contribution is -2.34. The first-order chi connectivity index (χ1) is 9.60. The van der Waals surface area contributed by atoms with Crippen LogP contribution in [0.2, 0.25) is 0 Å². The first-order valence-electron chi connectivity index (χ1n) is 5.86. The van der Waals surface area contributed by atoms with Gasteiger partial charge in [0.05, 0.1) is 30.9 Å². The summed E-state index contributed by atoms with van der Waals surface area (Å²) < 4.78 is 6.53. The minimum atomic E-state index is -0.780. The number of nitrogens with one attached hydrogen (secondary N) is 1. The van der Waals surface area contributed by atoms with Gasteiger partial charge in [0.25, 0.3) is 5.56 Å².